The van der Waals surface area contributed by atoms with Crippen molar-refractivity contribution in [1.29, 1.82) is 0 Å². The van der Waals surface area contributed by atoms with Crippen LogP contribution in [0.4, 0.5) is 0 Å². The second-order valence-corrected chi connectivity index (χ2v) is 6.91. The highest BCUT2D eigenvalue weighted by molar-refractivity contribution is 6.07. The number of rotatable bonds is 8. The van der Waals surface area contributed by atoms with E-state index in [0.717, 1.165) is 0 Å². The minimum atomic E-state index is -1.13. The molecule has 0 saturated heterocycles. The number of hydrogen-bond donors (Lipinski definition) is 2. The first-order valence-corrected chi connectivity index (χ1v) is 9.24. The average molecular weight is 390 g/mol. The van der Waals surface area contributed by atoms with Gasteiger partial charge in [0.1, 0.15) is 6.04 Å². The number of fused-ring (bicyclic) bond motifs is 1. The zero-order valence-electron chi connectivity index (χ0n) is 16.8. The summed E-state index contributed by atoms with van der Waals surface area (Å²) in [6.45, 7) is 8.74. The summed E-state index contributed by atoms with van der Waals surface area (Å²) >= 11 is 0. The third-order valence-corrected chi connectivity index (χ3v) is 4.48. The monoisotopic (exact) mass is 390 g/mol. The van der Waals surface area contributed by atoms with Gasteiger partial charge in [-0.25, -0.2) is 9.78 Å². The number of aryl methyl sites for hydroxylation is 1. The third-order valence-electron chi connectivity index (χ3n) is 4.48. The summed E-state index contributed by atoms with van der Waals surface area (Å²) in [5.41, 5.74) is 1.81. The van der Waals surface area contributed by atoms with Crippen LogP contribution in [0.25, 0.3) is 11.1 Å². The molecule has 0 radical (unpaired) electrons. The number of carboxylic acids is 1. The Kier molecular flexibility index (Phi) is 6.71. The number of carbonyl (C=O) groups is 3. The molecule has 152 valence electrons. The smallest absolute Gasteiger partial charge is 0.326 e. The van der Waals surface area contributed by atoms with Gasteiger partial charge in [0.2, 0.25) is 5.91 Å². The molecule has 2 amide bonds. The molecular weight excluding hydrogens is 364 g/mol. The van der Waals surface area contributed by atoms with Gasteiger partial charge in [0.15, 0.2) is 0 Å². The van der Waals surface area contributed by atoms with Gasteiger partial charge in [0, 0.05) is 25.7 Å². The molecule has 0 aliphatic heterocycles. The van der Waals surface area contributed by atoms with Gasteiger partial charge in [-0.2, -0.15) is 0 Å². The zero-order chi connectivity index (χ0) is 21.0. The van der Waals surface area contributed by atoms with Crippen LogP contribution in [0.3, 0.4) is 0 Å². The Hall–Kier alpha value is -2.97. The molecule has 0 aromatic carbocycles. The van der Waals surface area contributed by atoms with Crippen LogP contribution in [-0.4, -0.2) is 57.1 Å². The molecule has 0 aliphatic rings. The molecule has 2 rings (SSSR count). The highest BCUT2D eigenvalue weighted by Gasteiger charge is 2.30. The second-order valence-electron chi connectivity index (χ2n) is 6.91. The van der Waals surface area contributed by atoms with Crippen LogP contribution in [0.15, 0.2) is 10.6 Å². The van der Waals surface area contributed by atoms with Gasteiger partial charge in [0.05, 0.1) is 16.6 Å². The van der Waals surface area contributed by atoms with Gasteiger partial charge in [-0.05, 0) is 25.3 Å². The molecular formula is C19H26N4O5. The molecule has 0 spiro atoms. The zero-order valence-corrected chi connectivity index (χ0v) is 16.8. The first-order chi connectivity index (χ1) is 13.2. The number of nitrogens with zero attached hydrogens (tertiary/aromatic N) is 3. The van der Waals surface area contributed by atoms with Crippen LogP contribution < -0.4 is 5.32 Å². The van der Waals surface area contributed by atoms with Gasteiger partial charge >= 0.3 is 5.97 Å². The summed E-state index contributed by atoms with van der Waals surface area (Å²) in [5.74, 6) is -1.86. The lowest BCUT2D eigenvalue weighted by molar-refractivity contribution is -0.141. The van der Waals surface area contributed by atoms with Crippen molar-refractivity contribution in [2.45, 2.75) is 53.0 Å². The van der Waals surface area contributed by atoms with E-state index in [2.05, 4.69) is 15.5 Å². The standard InChI is InChI=1S/C19H26N4O5/c1-6-13-9-14(15-16(10(2)3)22-28-17(15)21-13)18(25)23(11(4)19(26)27)8-7-20-12(5)24/h9-11H,6-8H2,1-5H3,(H,20,24)(H,26,27). The van der Waals surface area contributed by atoms with E-state index >= 15 is 0 Å². The van der Waals surface area contributed by atoms with E-state index in [1.807, 2.05) is 20.8 Å². The van der Waals surface area contributed by atoms with Gasteiger partial charge in [0.25, 0.3) is 11.6 Å². The predicted octanol–water partition coefficient (Wildman–Crippen LogP) is 1.96. The first-order valence-electron chi connectivity index (χ1n) is 9.24. The number of hydrogen-bond acceptors (Lipinski definition) is 6. The number of pyridine rings is 1. The summed E-state index contributed by atoms with van der Waals surface area (Å²) < 4.78 is 5.34. The lowest BCUT2D eigenvalue weighted by Crippen LogP contribution is -2.46. The number of aromatic nitrogens is 2. The van der Waals surface area contributed by atoms with Crippen LogP contribution in [0.2, 0.25) is 0 Å². The molecule has 2 aromatic rings. The van der Waals surface area contributed by atoms with Crippen LogP contribution in [0, 0.1) is 0 Å². The van der Waals surface area contributed by atoms with Crippen molar-refractivity contribution >= 4 is 28.9 Å². The van der Waals surface area contributed by atoms with E-state index in [-0.39, 0.29) is 30.6 Å². The average Bonchev–Trinajstić information content (AvgIpc) is 3.07. The van der Waals surface area contributed by atoms with Crippen molar-refractivity contribution in [3.05, 3.63) is 23.0 Å². The first kappa shape index (κ1) is 21.3. The second kappa shape index (κ2) is 8.81. The van der Waals surface area contributed by atoms with Crippen LogP contribution in [-0.2, 0) is 16.0 Å². The lowest BCUT2D eigenvalue weighted by Gasteiger charge is -2.27. The summed E-state index contributed by atoms with van der Waals surface area (Å²) in [5, 5.41) is 16.6. The maximum atomic E-state index is 13.4. The molecule has 0 saturated carbocycles. The summed E-state index contributed by atoms with van der Waals surface area (Å²) in [6.07, 6.45) is 0.578. The Labute approximate surface area is 163 Å². The number of carbonyl (C=O) groups excluding carboxylic acids is 2. The number of aliphatic carboxylic acids is 1. The van der Waals surface area contributed by atoms with E-state index in [4.69, 9.17) is 4.52 Å². The molecule has 2 aromatic heterocycles. The predicted molar refractivity (Wildman–Crippen MR) is 102 cm³/mol. The van der Waals surface area contributed by atoms with E-state index < -0.39 is 17.9 Å². The van der Waals surface area contributed by atoms with E-state index in [0.29, 0.717) is 28.8 Å². The highest BCUT2D eigenvalue weighted by Crippen LogP contribution is 2.29. The maximum Gasteiger partial charge on any atom is 0.326 e. The third kappa shape index (κ3) is 4.47. The SMILES string of the molecule is CCc1cc(C(=O)N(CCNC(C)=O)C(C)C(=O)O)c2c(C(C)C)noc2n1. The molecule has 9 nitrogen and oxygen atoms in total. The Morgan fingerprint density at radius 1 is 1.29 bits per heavy atom. The van der Waals surface area contributed by atoms with E-state index in [9.17, 15) is 19.5 Å². The molecule has 1 atom stereocenters. The van der Waals surface area contributed by atoms with E-state index in [1.165, 1.54) is 18.7 Å². The molecule has 2 heterocycles. The molecule has 0 aliphatic carbocycles. The molecule has 1 unspecified atom stereocenters. The van der Waals surface area contributed by atoms with Crippen molar-refractivity contribution in [2.24, 2.45) is 0 Å². The molecule has 2 N–H and O–H groups in total. The minimum Gasteiger partial charge on any atom is -0.480 e. The normalized spacial score (nSPS) is 12.2. The van der Waals surface area contributed by atoms with Gasteiger partial charge < -0.3 is 19.8 Å². The quantitative estimate of drug-likeness (QED) is 0.705. The van der Waals surface area contributed by atoms with Crippen molar-refractivity contribution in [3.63, 3.8) is 0 Å². The highest BCUT2D eigenvalue weighted by atomic mass is 16.5. The lowest BCUT2D eigenvalue weighted by atomic mass is 10.0. The topological polar surface area (TPSA) is 126 Å². The maximum absolute atomic E-state index is 13.4. The molecule has 0 bridgehead atoms. The Balaban J connectivity index is 2.55. The fourth-order valence-electron chi connectivity index (χ4n) is 2.88. The molecule has 0 fully saturated rings. The Morgan fingerprint density at radius 3 is 2.50 bits per heavy atom. The Morgan fingerprint density at radius 2 is 1.96 bits per heavy atom. The van der Waals surface area contributed by atoms with Crippen molar-refractivity contribution in [1.82, 2.24) is 20.4 Å². The largest absolute Gasteiger partial charge is 0.480 e. The van der Waals surface area contributed by atoms with Gasteiger partial charge in [-0.1, -0.05) is 25.9 Å². The minimum absolute atomic E-state index is 0.00759. The van der Waals surface area contributed by atoms with Gasteiger partial charge in [-0.3, -0.25) is 9.59 Å². The summed E-state index contributed by atoms with van der Waals surface area (Å²) in [4.78, 5) is 41.7. The van der Waals surface area contributed by atoms with Crippen molar-refractivity contribution < 1.29 is 24.0 Å². The van der Waals surface area contributed by atoms with Crippen molar-refractivity contribution in [3.8, 4) is 0 Å². The number of nitrogens with one attached hydrogen (secondary N) is 1. The summed E-state index contributed by atoms with van der Waals surface area (Å²) in [7, 11) is 0. The van der Waals surface area contributed by atoms with Crippen LogP contribution in [0.1, 0.15) is 62.3 Å². The summed E-state index contributed by atoms with van der Waals surface area (Å²) in [6, 6.07) is 0.588. The van der Waals surface area contributed by atoms with Crippen LogP contribution >= 0.6 is 0 Å². The van der Waals surface area contributed by atoms with Gasteiger partial charge in [-0.15, -0.1) is 0 Å². The number of carboxylic acid groups (broad SMARTS) is 1. The van der Waals surface area contributed by atoms with Crippen LogP contribution in [0.5, 0.6) is 0 Å². The fourth-order valence-corrected chi connectivity index (χ4v) is 2.88. The Bertz CT molecular complexity index is 890. The van der Waals surface area contributed by atoms with E-state index in [1.54, 1.807) is 6.07 Å². The number of amides is 2. The molecule has 28 heavy (non-hydrogen) atoms. The molecule has 9 heteroatoms. The van der Waals surface area contributed by atoms with Crippen molar-refractivity contribution in [2.75, 3.05) is 13.1 Å². The fraction of sp³-hybridized carbons (Fsp3) is 0.526.